The summed E-state index contributed by atoms with van der Waals surface area (Å²) in [6, 6.07) is 0. The van der Waals surface area contributed by atoms with Crippen LogP contribution >= 0.6 is 15.9 Å². The molecule has 0 fully saturated rings. The average molecular weight is 300 g/mol. The van der Waals surface area contributed by atoms with E-state index >= 15 is 0 Å². The van der Waals surface area contributed by atoms with Gasteiger partial charge in [-0.2, -0.15) is 0 Å². The fourth-order valence-electron chi connectivity index (χ4n) is 0.712. The molecule has 0 radical (unpaired) electrons. The van der Waals surface area contributed by atoms with Crippen molar-refractivity contribution in [2.45, 2.75) is 26.0 Å². The Hall–Kier alpha value is -0.100. The van der Waals surface area contributed by atoms with Crippen molar-refractivity contribution in [3.63, 3.8) is 0 Å². The number of sulfone groups is 1. The summed E-state index contributed by atoms with van der Waals surface area (Å²) < 4.78 is 22.2. The molecule has 1 unspecified atom stereocenters. The van der Waals surface area contributed by atoms with Gasteiger partial charge in [-0.3, -0.25) is 4.79 Å². The number of hydrogen-bond donors (Lipinski definition) is 1. The zero-order valence-corrected chi connectivity index (χ0v) is 11.9. The molecule has 0 aromatic carbocycles. The van der Waals surface area contributed by atoms with Gasteiger partial charge in [0.25, 0.3) is 0 Å². The molecule has 0 saturated carbocycles. The van der Waals surface area contributed by atoms with E-state index in [0.29, 0.717) is 6.54 Å². The molecule has 0 aromatic heterocycles. The molecule has 1 atom stereocenters. The number of amides is 1. The van der Waals surface area contributed by atoms with Crippen LogP contribution in [0.5, 0.6) is 0 Å². The van der Waals surface area contributed by atoms with Crippen LogP contribution in [-0.4, -0.2) is 37.7 Å². The van der Waals surface area contributed by atoms with Gasteiger partial charge in [-0.25, -0.2) is 8.42 Å². The van der Waals surface area contributed by atoms with E-state index in [0.717, 1.165) is 11.6 Å². The van der Waals surface area contributed by atoms with E-state index in [1.807, 2.05) is 13.8 Å². The van der Waals surface area contributed by atoms with Crippen LogP contribution < -0.4 is 5.32 Å². The highest BCUT2D eigenvalue weighted by Crippen LogP contribution is 2.16. The Kier molecular flexibility index (Phi) is 5.26. The van der Waals surface area contributed by atoms with Crippen molar-refractivity contribution >= 4 is 31.7 Å². The standard InChI is InChI=1S/C9H18BrNO3S/c1-7(15(4,13)14)8(12)11-6-9(2,3)5-10/h7H,5-6H2,1-4H3,(H,11,12). The van der Waals surface area contributed by atoms with Crippen molar-refractivity contribution in [3.8, 4) is 0 Å². The van der Waals surface area contributed by atoms with Crippen LogP contribution in [0.4, 0.5) is 0 Å². The summed E-state index contributed by atoms with van der Waals surface area (Å²) in [7, 11) is -3.30. The highest BCUT2D eigenvalue weighted by atomic mass is 79.9. The summed E-state index contributed by atoms with van der Waals surface area (Å²) in [5.41, 5.74) is -0.0765. The molecular weight excluding hydrogens is 282 g/mol. The lowest BCUT2D eigenvalue weighted by Gasteiger charge is -2.22. The number of hydrogen-bond acceptors (Lipinski definition) is 3. The normalized spacial score (nSPS) is 14.7. The fraction of sp³-hybridized carbons (Fsp3) is 0.889. The van der Waals surface area contributed by atoms with Gasteiger partial charge in [-0.1, -0.05) is 29.8 Å². The molecule has 15 heavy (non-hydrogen) atoms. The average Bonchev–Trinajstić information content (AvgIpc) is 2.11. The molecule has 0 aliphatic heterocycles. The predicted molar refractivity (Wildman–Crippen MR) is 64.9 cm³/mol. The third-order valence-corrected chi connectivity index (χ3v) is 5.13. The van der Waals surface area contributed by atoms with E-state index in [4.69, 9.17) is 0 Å². The van der Waals surface area contributed by atoms with Gasteiger partial charge in [0, 0.05) is 18.1 Å². The second-order valence-corrected chi connectivity index (χ2v) is 7.41. The molecule has 0 heterocycles. The molecule has 0 aromatic rings. The first kappa shape index (κ1) is 14.9. The Labute approximate surface area is 99.9 Å². The van der Waals surface area contributed by atoms with Crippen LogP contribution in [0.25, 0.3) is 0 Å². The van der Waals surface area contributed by atoms with Gasteiger partial charge < -0.3 is 5.32 Å². The Morgan fingerprint density at radius 1 is 1.47 bits per heavy atom. The lowest BCUT2D eigenvalue weighted by atomic mass is 9.97. The maximum Gasteiger partial charge on any atom is 0.238 e. The lowest BCUT2D eigenvalue weighted by Crippen LogP contribution is -2.42. The quantitative estimate of drug-likeness (QED) is 0.769. The van der Waals surface area contributed by atoms with Gasteiger partial charge >= 0.3 is 0 Å². The van der Waals surface area contributed by atoms with Gasteiger partial charge in [0.2, 0.25) is 5.91 Å². The Balaban J connectivity index is 4.29. The van der Waals surface area contributed by atoms with Crippen molar-refractivity contribution in [2.75, 3.05) is 18.1 Å². The first-order valence-electron chi connectivity index (χ1n) is 4.63. The molecule has 6 heteroatoms. The van der Waals surface area contributed by atoms with E-state index in [1.54, 1.807) is 0 Å². The van der Waals surface area contributed by atoms with Crippen molar-refractivity contribution in [3.05, 3.63) is 0 Å². The van der Waals surface area contributed by atoms with Gasteiger partial charge in [-0.15, -0.1) is 0 Å². The van der Waals surface area contributed by atoms with Gasteiger partial charge in [0.05, 0.1) is 0 Å². The van der Waals surface area contributed by atoms with Crippen LogP contribution in [0.15, 0.2) is 0 Å². The summed E-state index contributed by atoms with van der Waals surface area (Å²) in [5, 5.41) is 2.39. The van der Waals surface area contributed by atoms with Crippen molar-refractivity contribution < 1.29 is 13.2 Å². The largest absolute Gasteiger partial charge is 0.354 e. The van der Waals surface area contributed by atoms with Crippen LogP contribution in [0, 0.1) is 5.41 Å². The topological polar surface area (TPSA) is 63.2 Å². The summed E-state index contributed by atoms with van der Waals surface area (Å²) in [6.45, 7) is 5.81. The molecule has 0 saturated heterocycles. The Morgan fingerprint density at radius 3 is 2.27 bits per heavy atom. The minimum Gasteiger partial charge on any atom is -0.354 e. The zero-order chi connectivity index (χ0) is 12.3. The SMILES string of the molecule is CC(C(=O)NCC(C)(C)CBr)S(C)(=O)=O. The van der Waals surface area contributed by atoms with Gasteiger partial charge in [-0.05, 0) is 12.3 Å². The molecule has 0 bridgehead atoms. The monoisotopic (exact) mass is 299 g/mol. The predicted octanol–water partition coefficient (Wildman–Crippen LogP) is 0.957. The Morgan fingerprint density at radius 2 is 1.93 bits per heavy atom. The fourth-order valence-corrected chi connectivity index (χ4v) is 1.38. The minimum atomic E-state index is -3.30. The molecule has 0 aliphatic carbocycles. The van der Waals surface area contributed by atoms with Gasteiger partial charge in [0.15, 0.2) is 9.84 Å². The third kappa shape index (κ3) is 5.51. The summed E-state index contributed by atoms with van der Waals surface area (Å²) >= 11 is 3.33. The second kappa shape index (κ2) is 5.30. The van der Waals surface area contributed by atoms with Crippen molar-refractivity contribution in [1.82, 2.24) is 5.32 Å². The third-order valence-electron chi connectivity index (χ3n) is 2.11. The van der Waals surface area contributed by atoms with Crippen LogP contribution in [0.3, 0.4) is 0 Å². The highest BCUT2D eigenvalue weighted by molar-refractivity contribution is 9.09. The molecule has 4 nitrogen and oxygen atoms in total. The van der Waals surface area contributed by atoms with E-state index in [9.17, 15) is 13.2 Å². The van der Waals surface area contributed by atoms with E-state index in [-0.39, 0.29) is 5.41 Å². The first-order valence-corrected chi connectivity index (χ1v) is 7.70. The highest BCUT2D eigenvalue weighted by Gasteiger charge is 2.25. The zero-order valence-electron chi connectivity index (χ0n) is 9.50. The number of carbonyl (C=O) groups is 1. The number of carbonyl (C=O) groups excluding carboxylic acids is 1. The van der Waals surface area contributed by atoms with Crippen LogP contribution in [0.1, 0.15) is 20.8 Å². The van der Waals surface area contributed by atoms with Crippen LogP contribution in [-0.2, 0) is 14.6 Å². The summed E-state index contributed by atoms with van der Waals surface area (Å²) in [6.07, 6.45) is 1.06. The molecular formula is C9H18BrNO3S. The van der Waals surface area contributed by atoms with E-state index in [2.05, 4.69) is 21.2 Å². The summed E-state index contributed by atoms with van der Waals surface area (Å²) in [4.78, 5) is 11.4. The number of rotatable bonds is 5. The molecule has 0 aliphatic rings. The van der Waals surface area contributed by atoms with Gasteiger partial charge in [0.1, 0.15) is 5.25 Å². The van der Waals surface area contributed by atoms with Crippen LogP contribution in [0.2, 0.25) is 0 Å². The molecule has 1 N–H and O–H groups in total. The number of nitrogens with one attached hydrogen (secondary N) is 1. The minimum absolute atomic E-state index is 0.0765. The molecule has 90 valence electrons. The number of halogens is 1. The second-order valence-electron chi connectivity index (χ2n) is 4.49. The molecule has 0 rings (SSSR count). The molecule has 1 amide bonds. The maximum atomic E-state index is 11.4. The summed E-state index contributed by atoms with van der Waals surface area (Å²) in [5.74, 6) is -0.438. The van der Waals surface area contributed by atoms with Crippen molar-refractivity contribution in [1.29, 1.82) is 0 Å². The first-order chi connectivity index (χ1) is 6.60. The smallest absolute Gasteiger partial charge is 0.238 e. The Bertz CT molecular complexity index is 324. The molecule has 0 spiro atoms. The number of alkyl halides is 1. The van der Waals surface area contributed by atoms with E-state index < -0.39 is 21.0 Å². The lowest BCUT2D eigenvalue weighted by molar-refractivity contribution is -0.120. The van der Waals surface area contributed by atoms with Crippen molar-refractivity contribution in [2.24, 2.45) is 5.41 Å². The maximum absolute atomic E-state index is 11.4. The van der Waals surface area contributed by atoms with E-state index in [1.165, 1.54) is 6.92 Å².